The molecule has 7 nitrogen and oxygen atoms in total. The smallest absolute Gasteiger partial charge is 0.276 e. The number of amides is 2. The van der Waals surface area contributed by atoms with E-state index in [2.05, 4.69) is 33.7 Å². The van der Waals surface area contributed by atoms with E-state index < -0.39 is 11.8 Å². The van der Waals surface area contributed by atoms with E-state index in [9.17, 15) is 9.59 Å². The highest BCUT2D eigenvalue weighted by Gasteiger charge is 2.10. The number of para-hydroxylation sites is 2. The Hall–Kier alpha value is -2.74. The van der Waals surface area contributed by atoms with Crippen LogP contribution in [0.2, 0.25) is 0 Å². The van der Waals surface area contributed by atoms with Crippen LogP contribution in [0.15, 0.2) is 46.9 Å². The van der Waals surface area contributed by atoms with Gasteiger partial charge in [-0.3, -0.25) is 20.4 Å². The first-order chi connectivity index (χ1) is 13.0. The Morgan fingerprint density at radius 1 is 0.926 bits per heavy atom. The molecule has 27 heavy (non-hydrogen) atoms. The van der Waals surface area contributed by atoms with Crippen molar-refractivity contribution in [2.45, 2.75) is 13.3 Å². The predicted octanol–water partition coefficient (Wildman–Crippen LogP) is 2.63. The molecule has 0 saturated heterocycles. The Kier molecular flexibility index (Phi) is 7.94. The number of methoxy groups -OCH3 is 1. The number of ether oxygens (including phenoxy) is 3. The molecule has 2 aromatic carbocycles. The van der Waals surface area contributed by atoms with Crippen LogP contribution >= 0.6 is 15.9 Å². The van der Waals surface area contributed by atoms with Gasteiger partial charge < -0.3 is 14.2 Å². The third-order valence-electron chi connectivity index (χ3n) is 3.53. The number of benzene rings is 2. The van der Waals surface area contributed by atoms with Crippen LogP contribution < -0.4 is 25.1 Å². The van der Waals surface area contributed by atoms with Crippen molar-refractivity contribution in [1.82, 2.24) is 10.9 Å². The number of aryl methyl sites for hydroxylation is 1. The summed E-state index contributed by atoms with van der Waals surface area (Å²) in [5.74, 6) is 0.496. The Bertz CT molecular complexity index is 797. The number of rotatable bonds is 8. The predicted molar refractivity (Wildman–Crippen MR) is 104 cm³/mol. The SMILES string of the molecule is CCc1ccc(OCC(=O)NNC(=O)COc2ccccc2OC)c(Br)c1. The minimum atomic E-state index is -0.511. The normalized spacial score (nSPS) is 10.0. The van der Waals surface area contributed by atoms with Crippen LogP contribution in [0.1, 0.15) is 12.5 Å². The fourth-order valence-corrected chi connectivity index (χ4v) is 2.66. The lowest BCUT2D eigenvalue weighted by Gasteiger charge is -2.12. The maximum atomic E-state index is 11.8. The topological polar surface area (TPSA) is 85.9 Å². The summed E-state index contributed by atoms with van der Waals surface area (Å²) < 4.78 is 16.7. The summed E-state index contributed by atoms with van der Waals surface area (Å²) >= 11 is 3.40. The highest BCUT2D eigenvalue weighted by molar-refractivity contribution is 9.10. The first-order valence-corrected chi connectivity index (χ1v) is 9.07. The molecule has 0 heterocycles. The second-order valence-electron chi connectivity index (χ2n) is 5.44. The van der Waals surface area contributed by atoms with E-state index in [0.717, 1.165) is 16.5 Å². The first-order valence-electron chi connectivity index (χ1n) is 8.28. The van der Waals surface area contributed by atoms with Crippen molar-refractivity contribution in [3.63, 3.8) is 0 Å². The molecule has 2 N–H and O–H groups in total. The van der Waals surface area contributed by atoms with Crippen LogP contribution in [0, 0.1) is 0 Å². The quantitative estimate of drug-likeness (QED) is 0.621. The molecule has 0 unspecified atom stereocenters. The summed E-state index contributed by atoms with van der Waals surface area (Å²) in [4.78, 5) is 23.6. The number of halogens is 1. The Labute approximate surface area is 166 Å². The second kappa shape index (κ2) is 10.4. The van der Waals surface area contributed by atoms with Crippen LogP contribution in [0.3, 0.4) is 0 Å². The van der Waals surface area contributed by atoms with E-state index in [1.165, 1.54) is 7.11 Å². The fraction of sp³-hybridized carbons (Fsp3) is 0.263. The summed E-state index contributed by atoms with van der Waals surface area (Å²) in [5, 5.41) is 0. The molecule has 2 rings (SSSR count). The molecule has 0 aliphatic carbocycles. The Morgan fingerprint density at radius 3 is 2.07 bits per heavy atom. The summed E-state index contributed by atoms with van der Waals surface area (Å²) in [6.45, 7) is 1.54. The van der Waals surface area contributed by atoms with E-state index in [0.29, 0.717) is 17.2 Å². The van der Waals surface area contributed by atoms with Crippen LogP contribution in [-0.2, 0) is 16.0 Å². The minimum Gasteiger partial charge on any atom is -0.493 e. The van der Waals surface area contributed by atoms with E-state index in [-0.39, 0.29) is 13.2 Å². The lowest BCUT2D eigenvalue weighted by molar-refractivity contribution is -0.131. The van der Waals surface area contributed by atoms with Gasteiger partial charge in [-0.1, -0.05) is 25.1 Å². The highest BCUT2D eigenvalue weighted by Crippen LogP contribution is 2.26. The molecule has 144 valence electrons. The van der Waals surface area contributed by atoms with E-state index in [1.807, 2.05) is 12.1 Å². The van der Waals surface area contributed by atoms with Gasteiger partial charge in [-0.15, -0.1) is 0 Å². The maximum absolute atomic E-state index is 11.8. The number of carbonyl (C=O) groups is 2. The summed E-state index contributed by atoms with van der Waals surface area (Å²) in [6.07, 6.45) is 0.905. The van der Waals surface area contributed by atoms with Gasteiger partial charge >= 0.3 is 0 Å². The van der Waals surface area contributed by atoms with Gasteiger partial charge in [0.25, 0.3) is 11.8 Å². The molecule has 2 aromatic rings. The molecule has 0 aromatic heterocycles. The van der Waals surface area contributed by atoms with Gasteiger partial charge in [0.15, 0.2) is 24.7 Å². The Morgan fingerprint density at radius 2 is 1.52 bits per heavy atom. The average Bonchev–Trinajstić information content (AvgIpc) is 2.69. The molecular weight excluding hydrogens is 416 g/mol. The molecule has 0 aliphatic rings. The van der Waals surface area contributed by atoms with Gasteiger partial charge in [-0.05, 0) is 52.2 Å². The average molecular weight is 437 g/mol. The van der Waals surface area contributed by atoms with Gasteiger partial charge in [0.05, 0.1) is 11.6 Å². The van der Waals surface area contributed by atoms with Crippen molar-refractivity contribution in [3.05, 3.63) is 52.5 Å². The van der Waals surface area contributed by atoms with Crippen LogP contribution in [0.25, 0.3) is 0 Å². The minimum absolute atomic E-state index is 0.238. The van der Waals surface area contributed by atoms with Crippen LogP contribution in [-0.4, -0.2) is 32.1 Å². The standard InChI is InChI=1S/C19H21BrN2O5/c1-3-13-8-9-15(14(20)10-13)26-11-18(23)21-22-19(24)12-27-17-7-5-4-6-16(17)25-2/h4-10H,3,11-12H2,1-2H3,(H,21,23)(H,22,24). The monoisotopic (exact) mass is 436 g/mol. The summed E-state index contributed by atoms with van der Waals surface area (Å²) in [5.41, 5.74) is 5.69. The largest absolute Gasteiger partial charge is 0.493 e. The van der Waals surface area contributed by atoms with Gasteiger partial charge in [0, 0.05) is 0 Å². The molecule has 0 atom stereocenters. The second-order valence-corrected chi connectivity index (χ2v) is 6.30. The number of hydrogen-bond donors (Lipinski definition) is 2. The molecule has 2 amide bonds. The van der Waals surface area contributed by atoms with Gasteiger partial charge in [-0.2, -0.15) is 0 Å². The van der Waals surface area contributed by atoms with Crippen molar-refractivity contribution < 1.29 is 23.8 Å². The molecule has 0 bridgehead atoms. The van der Waals surface area contributed by atoms with E-state index in [4.69, 9.17) is 14.2 Å². The molecule has 0 radical (unpaired) electrons. The molecule has 0 saturated carbocycles. The first kappa shape index (κ1) is 20.6. The zero-order chi connectivity index (χ0) is 19.6. The van der Waals surface area contributed by atoms with Crippen LogP contribution in [0.4, 0.5) is 0 Å². The fourth-order valence-electron chi connectivity index (χ4n) is 2.12. The third-order valence-corrected chi connectivity index (χ3v) is 4.15. The van der Waals surface area contributed by atoms with Gasteiger partial charge in [0.1, 0.15) is 5.75 Å². The zero-order valence-electron chi connectivity index (χ0n) is 15.1. The number of hydrazine groups is 1. The summed E-state index contributed by atoms with van der Waals surface area (Å²) in [7, 11) is 1.51. The number of carbonyl (C=O) groups excluding carboxylic acids is 2. The molecular formula is C19H21BrN2O5. The highest BCUT2D eigenvalue weighted by atomic mass is 79.9. The Balaban J connectivity index is 1.72. The number of hydrogen-bond acceptors (Lipinski definition) is 5. The van der Waals surface area contributed by atoms with Gasteiger partial charge in [0.2, 0.25) is 0 Å². The lowest BCUT2D eigenvalue weighted by Crippen LogP contribution is -2.45. The van der Waals surface area contributed by atoms with Crippen molar-refractivity contribution >= 4 is 27.7 Å². The van der Waals surface area contributed by atoms with Crippen molar-refractivity contribution in [2.75, 3.05) is 20.3 Å². The maximum Gasteiger partial charge on any atom is 0.276 e. The molecule has 8 heteroatoms. The zero-order valence-corrected chi connectivity index (χ0v) is 16.7. The molecule has 0 fully saturated rings. The van der Waals surface area contributed by atoms with Crippen molar-refractivity contribution in [1.29, 1.82) is 0 Å². The number of nitrogens with one attached hydrogen (secondary N) is 2. The molecule has 0 aliphatic heterocycles. The molecule has 0 spiro atoms. The van der Waals surface area contributed by atoms with E-state index in [1.54, 1.807) is 30.3 Å². The summed E-state index contributed by atoms with van der Waals surface area (Å²) in [6, 6.07) is 12.6. The van der Waals surface area contributed by atoms with E-state index >= 15 is 0 Å². The van der Waals surface area contributed by atoms with Crippen molar-refractivity contribution in [2.24, 2.45) is 0 Å². The van der Waals surface area contributed by atoms with Crippen molar-refractivity contribution in [3.8, 4) is 17.2 Å². The lowest BCUT2D eigenvalue weighted by atomic mass is 10.2. The van der Waals surface area contributed by atoms with Gasteiger partial charge in [-0.25, -0.2) is 0 Å². The van der Waals surface area contributed by atoms with Crippen LogP contribution in [0.5, 0.6) is 17.2 Å². The third kappa shape index (κ3) is 6.49.